The number of halogens is 4. The summed E-state index contributed by atoms with van der Waals surface area (Å²) in [6.45, 7) is 0. The molecule has 0 unspecified atom stereocenters. The predicted molar refractivity (Wildman–Crippen MR) is 126 cm³/mol. The molecule has 14 heteroatoms. The number of alkyl halides is 3. The van der Waals surface area contributed by atoms with Crippen LogP contribution < -0.4 is 16.4 Å². The fourth-order valence-electron chi connectivity index (χ4n) is 3.77. The highest BCUT2D eigenvalue weighted by Gasteiger charge is 2.35. The highest BCUT2D eigenvalue weighted by atomic mass is 35.5. The summed E-state index contributed by atoms with van der Waals surface area (Å²) < 4.78 is 64.8. The van der Waals surface area contributed by atoms with E-state index in [-0.39, 0.29) is 64.0 Å². The monoisotopic (exact) mass is 528 g/mol. The van der Waals surface area contributed by atoms with Gasteiger partial charge in [-0.15, -0.1) is 5.10 Å². The van der Waals surface area contributed by atoms with Crippen LogP contribution in [-0.4, -0.2) is 41.0 Å². The Kier molecular flexibility index (Phi) is 6.64. The highest BCUT2D eigenvalue weighted by Crippen LogP contribution is 2.43. The molecule has 1 aliphatic rings. The number of sulfone groups is 1. The van der Waals surface area contributed by atoms with Crippen molar-refractivity contribution >= 4 is 50.6 Å². The van der Waals surface area contributed by atoms with Gasteiger partial charge in [0.1, 0.15) is 9.84 Å². The van der Waals surface area contributed by atoms with Crippen molar-refractivity contribution < 1.29 is 26.4 Å². The lowest BCUT2D eigenvalue weighted by molar-refractivity contribution is -0.137. The largest absolute Gasteiger partial charge is 0.417 e. The highest BCUT2D eigenvalue weighted by molar-refractivity contribution is 7.91. The lowest BCUT2D eigenvalue weighted by Gasteiger charge is -2.21. The van der Waals surface area contributed by atoms with Gasteiger partial charge in [0.25, 0.3) is 0 Å². The molecule has 5 N–H and O–H groups in total. The van der Waals surface area contributed by atoms with Crippen LogP contribution in [0.5, 0.6) is 0 Å². The zero-order chi connectivity index (χ0) is 25.4. The van der Waals surface area contributed by atoms with Gasteiger partial charge in [0.15, 0.2) is 0 Å². The van der Waals surface area contributed by atoms with Crippen LogP contribution in [-0.2, 0) is 20.8 Å². The summed E-state index contributed by atoms with van der Waals surface area (Å²) in [5.41, 5.74) is 4.81. The molecule has 2 heterocycles. The van der Waals surface area contributed by atoms with E-state index in [2.05, 4.69) is 25.8 Å². The summed E-state index contributed by atoms with van der Waals surface area (Å²) in [5.74, 6) is -0.885. The number of H-pyrrole nitrogens is 1. The van der Waals surface area contributed by atoms with E-state index in [1.807, 2.05) is 0 Å². The Morgan fingerprint density at radius 1 is 1.11 bits per heavy atom. The van der Waals surface area contributed by atoms with Gasteiger partial charge < -0.3 is 16.4 Å². The number of nitrogens with zero attached hydrogens (tertiary/aromatic N) is 2. The molecule has 0 atom stereocenters. The summed E-state index contributed by atoms with van der Waals surface area (Å²) in [6, 6.07) is 7.96. The summed E-state index contributed by atoms with van der Waals surface area (Å²) in [4.78, 5) is 16.3. The Labute approximate surface area is 203 Å². The first-order valence-corrected chi connectivity index (χ1v) is 12.6. The Hall–Kier alpha value is -3.32. The molecular weight excluding hydrogens is 509 g/mol. The third-order valence-corrected chi connectivity index (χ3v) is 7.53. The average molecular weight is 529 g/mol. The summed E-state index contributed by atoms with van der Waals surface area (Å²) in [6.07, 6.45) is -4.25. The molecule has 0 saturated carbocycles. The number of nitrogens with two attached hydrogens (primary N) is 1. The van der Waals surface area contributed by atoms with Gasteiger partial charge in [-0.1, -0.05) is 23.7 Å². The molecule has 1 aromatic heterocycles. The summed E-state index contributed by atoms with van der Waals surface area (Å²) in [7, 11) is -3.10. The van der Waals surface area contributed by atoms with Gasteiger partial charge in [-0.2, -0.15) is 18.2 Å². The van der Waals surface area contributed by atoms with Crippen molar-refractivity contribution in [2.45, 2.75) is 19.0 Å². The van der Waals surface area contributed by atoms with Crippen molar-refractivity contribution in [2.75, 3.05) is 27.9 Å². The van der Waals surface area contributed by atoms with E-state index in [4.69, 9.17) is 17.3 Å². The second kappa shape index (κ2) is 9.38. The van der Waals surface area contributed by atoms with Crippen molar-refractivity contribution in [1.82, 2.24) is 15.2 Å². The topological polar surface area (TPSA) is 143 Å². The van der Waals surface area contributed by atoms with Crippen LogP contribution in [0, 0.1) is 5.92 Å². The van der Waals surface area contributed by atoms with Crippen molar-refractivity contribution in [3.05, 3.63) is 47.0 Å². The maximum atomic E-state index is 13.9. The van der Waals surface area contributed by atoms with Gasteiger partial charge in [0.2, 0.25) is 17.8 Å². The first kappa shape index (κ1) is 24.8. The minimum Gasteiger partial charge on any atom is -0.368 e. The fraction of sp³-hybridized carbons (Fsp3) is 0.286. The molecule has 0 bridgehead atoms. The van der Waals surface area contributed by atoms with E-state index in [0.717, 1.165) is 6.07 Å². The van der Waals surface area contributed by atoms with Crippen LogP contribution in [0.15, 0.2) is 36.4 Å². The Bertz CT molecular complexity index is 1350. The predicted octanol–water partition coefficient (Wildman–Crippen LogP) is 4.23. The number of nitrogen functional groups attached to an aromatic ring is 1. The molecule has 3 aromatic rings. The molecule has 0 radical (unpaired) electrons. The molecule has 0 aliphatic carbocycles. The van der Waals surface area contributed by atoms with Crippen molar-refractivity contribution in [3.8, 4) is 11.1 Å². The third kappa shape index (κ3) is 5.85. The van der Waals surface area contributed by atoms with Crippen molar-refractivity contribution in [2.24, 2.45) is 5.92 Å². The molecule has 1 aliphatic heterocycles. The zero-order valence-corrected chi connectivity index (χ0v) is 19.6. The molecule has 4 rings (SSSR count). The van der Waals surface area contributed by atoms with Crippen LogP contribution in [0.2, 0.25) is 5.02 Å². The molecule has 1 fully saturated rings. The van der Waals surface area contributed by atoms with Crippen molar-refractivity contribution in [3.63, 3.8) is 0 Å². The minimum atomic E-state index is -4.72. The minimum absolute atomic E-state index is 0.00744. The van der Waals surface area contributed by atoms with Gasteiger partial charge in [-0.25, -0.2) is 13.5 Å². The van der Waals surface area contributed by atoms with Crippen LogP contribution in [0.3, 0.4) is 0 Å². The maximum absolute atomic E-state index is 13.9. The first-order valence-electron chi connectivity index (χ1n) is 10.4. The molecule has 9 nitrogen and oxygen atoms in total. The summed E-state index contributed by atoms with van der Waals surface area (Å²) in [5, 5.41) is 11.2. The average Bonchev–Trinajstić information content (AvgIpc) is 3.18. The zero-order valence-electron chi connectivity index (χ0n) is 18.0. The van der Waals surface area contributed by atoms with E-state index in [1.54, 1.807) is 0 Å². The van der Waals surface area contributed by atoms with E-state index in [0.29, 0.717) is 5.69 Å². The lowest BCUT2D eigenvalue weighted by Crippen LogP contribution is -2.31. The Morgan fingerprint density at radius 3 is 2.34 bits per heavy atom. The molecule has 1 saturated heterocycles. The van der Waals surface area contributed by atoms with Crippen molar-refractivity contribution in [1.29, 1.82) is 0 Å². The van der Waals surface area contributed by atoms with Crippen LogP contribution in [0.4, 0.5) is 36.4 Å². The molecule has 35 heavy (non-hydrogen) atoms. The number of hydrogen-bond donors (Lipinski definition) is 4. The standard InChI is InChI=1S/C21H20ClF3N6O3S/c22-16-10-14(28-20-29-19(26)30-31-20)9-15(21(23,24)25)17(16)11-1-3-13(4-2-11)27-18(32)12-5-7-35(33,34)8-6-12/h1-4,9-10,12H,5-8H2,(H,27,32)(H4,26,28,29,30,31). The van der Waals surface area contributed by atoms with Crippen LogP contribution >= 0.6 is 11.6 Å². The number of amides is 1. The number of aromatic nitrogens is 3. The normalized spacial score (nSPS) is 16.1. The van der Waals surface area contributed by atoms with Gasteiger partial charge >= 0.3 is 6.18 Å². The third-order valence-electron chi connectivity index (χ3n) is 5.52. The SMILES string of the molecule is Nc1nc(Nc2cc(Cl)c(-c3ccc(NC(=O)C4CCS(=O)(=O)CC4)cc3)c(C(F)(F)F)c2)n[nH]1. The number of rotatable bonds is 5. The van der Waals surface area contributed by atoms with E-state index in [1.165, 1.54) is 30.3 Å². The molecular formula is C21H20ClF3N6O3S. The number of anilines is 4. The van der Waals surface area contributed by atoms with Crippen LogP contribution in [0.25, 0.3) is 11.1 Å². The van der Waals surface area contributed by atoms with E-state index < -0.39 is 27.5 Å². The fourth-order valence-corrected chi connectivity index (χ4v) is 5.59. The number of carbonyl (C=O) groups is 1. The number of carbonyl (C=O) groups excluding carboxylic acids is 1. The molecule has 0 spiro atoms. The molecule has 1 amide bonds. The quantitative estimate of drug-likeness (QED) is 0.388. The van der Waals surface area contributed by atoms with Crippen LogP contribution in [0.1, 0.15) is 18.4 Å². The van der Waals surface area contributed by atoms with Gasteiger partial charge in [0.05, 0.1) is 22.1 Å². The number of benzene rings is 2. The smallest absolute Gasteiger partial charge is 0.368 e. The molecule has 2 aromatic carbocycles. The van der Waals surface area contributed by atoms with Gasteiger partial charge in [0, 0.05) is 22.9 Å². The Balaban J connectivity index is 1.56. The Morgan fingerprint density at radius 2 is 1.77 bits per heavy atom. The number of aromatic amines is 1. The maximum Gasteiger partial charge on any atom is 0.417 e. The van der Waals surface area contributed by atoms with Gasteiger partial charge in [-0.05, 0) is 42.7 Å². The summed E-state index contributed by atoms with van der Waals surface area (Å²) >= 11 is 6.26. The van der Waals surface area contributed by atoms with E-state index in [9.17, 15) is 26.4 Å². The first-order chi connectivity index (χ1) is 16.4. The molecule has 186 valence electrons. The van der Waals surface area contributed by atoms with Gasteiger partial charge in [-0.3, -0.25) is 4.79 Å². The number of nitrogens with one attached hydrogen (secondary N) is 3. The second-order valence-corrected chi connectivity index (χ2v) is 10.8. The number of hydrogen-bond acceptors (Lipinski definition) is 7. The van der Waals surface area contributed by atoms with E-state index >= 15 is 0 Å². The lowest BCUT2D eigenvalue weighted by atomic mass is 9.97. The second-order valence-electron chi connectivity index (χ2n) is 8.04.